The van der Waals surface area contributed by atoms with Crippen molar-refractivity contribution in [1.29, 1.82) is 0 Å². The Bertz CT molecular complexity index is 629. The minimum atomic E-state index is -0.291. The normalized spacial score (nSPS) is 22.1. The summed E-state index contributed by atoms with van der Waals surface area (Å²) in [6, 6.07) is 2.60. The molecule has 1 spiro atoms. The Morgan fingerprint density at radius 3 is 2.76 bits per heavy atom. The maximum Gasteiger partial charge on any atom is 0.168 e. The van der Waals surface area contributed by atoms with Gasteiger partial charge in [0.25, 0.3) is 0 Å². The summed E-state index contributed by atoms with van der Waals surface area (Å²) < 4.78 is 11.6. The van der Waals surface area contributed by atoms with Gasteiger partial charge < -0.3 is 14.4 Å². The molecule has 6 heteroatoms. The van der Waals surface area contributed by atoms with Crippen LogP contribution in [-0.4, -0.2) is 42.1 Å². The first-order chi connectivity index (χ1) is 10.3. The van der Waals surface area contributed by atoms with Gasteiger partial charge in [0.05, 0.1) is 18.6 Å². The van der Waals surface area contributed by atoms with E-state index in [0.29, 0.717) is 6.04 Å². The number of fused-ring (bicyclic) bond motifs is 1. The predicted octanol–water partition coefficient (Wildman–Crippen LogP) is 2.81. The third kappa shape index (κ3) is 2.31. The lowest BCUT2D eigenvalue weighted by atomic mass is 9.89. The molecule has 3 heterocycles. The number of thiophene rings is 1. The Labute approximate surface area is 127 Å². The molecule has 1 aliphatic heterocycles. The molecular formula is C15H19N3O2S. The Kier molecular flexibility index (Phi) is 3.32. The summed E-state index contributed by atoms with van der Waals surface area (Å²) in [6.07, 6.45) is 5.76. The van der Waals surface area contributed by atoms with Crippen molar-refractivity contribution in [2.75, 3.05) is 25.2 Å². The van der Waals surface area contributed by atoms with Crippen LogP contribution in [0, 0.1) is 0 Å². The minimum Gasteiger partial charge on any atom is -0.356 e. The second-order valence-electron chi connectivity index (χ2n) is 5.79. The SMILES string of the molecule is CN(c1ncnc2sccc12)C1CCC2(CC1)OCCO2. The van der Waals surface area contributed by atoms with E-state index in [1.807, 2.05) is 0 Å². The fourth-order valence-electron chi connectivity index (χ4n) is 3.45. The number of ether oxygens (including phenoxy) is 2. The van der Waals surface area contributed by atoms with E-state index >= 15 is 0 Å². The summed E-state index contributed by atoms with van der Waals surface area (Å²) in [5.41, 5.74) is 0. The molecule has 4 rings (SSSR count). The van der Waals surface area contributed by atoms with Crippen molar-refractivity contribution in [3.05, 3.63) is 17.8 Å². The van der Waals surface area contributed by atoms with Crippen LogP contribution in [0.2, 0.25) is 0 Å². The molecule has 0 bridgehead atoms. The summed E-state index contributed by atoms with van der Waals surface area (Å²) in [5.74, 6) is 0.747. The minimum absolute atomic E-state index is 0.291. The molecule has 21 heavy (non-hydrogen) atoms. The molecular weight excluding hydrogens is 286 g/mol. The second-order valence-corrected chi connectivity index (χ2v) is 6.68. The highest BCUT2D eigenvalue weighted by atomic mass is 32.1. The van der Waals surface area contributed by atoms with Gasteiger partial charge in [-0.3, -0.25) is 0 Å². The molecule has 0 unspecified atom stereocenters. The van der Waals surface area contributed by atoms with E-state index in [1.54, 1.807) is 17.7 Å². The molecule has 1 aliphatic carbocycles. The molecule has 0 amide bonds. The Morgan fingerprint density at radius 2 is 2.00 bits per heavy atom. The first-order valence-corrected chi connectivity index (χ1v) is 8.34. The van der Waals surface area contributed by atoms with Gasteiger partial charge in [0.1, 0.15) is 17.0 Å². The van der Waals surface area contributed by atoms with Crippen LogP contribution in [0.5, 0.6) is 0 Å². The molecule has 112 valence electrons. The van der Waals surface area contributed by atoms with Crippen LogP contribution < -0.4 is 4.90 Å². The lowest BCUT2D eigenvalue weighted by Gasteiger charge is -2.39. The molecule has 2 aliphatic rings. The average molecular weight is 305 g/mol. The van der Waals surface area contributed by atoms with Crippen molar-refractivity contribution in [3.8, 4) is 0 Å². The number of anilines is 1. The van der Waals surface area contributed by atoms with Gasteiger partial charge in [-0.2, -0.15) is 0 Å². The summed E-state index contributed by atoms with van der Waals surface area (Å²) >= 11 is 1.66. The van der Waals surface area contributed by atoms with Crippen LogP contribution in [0.1, 0.15) is 25.7 Å². The summed E-state index contributed by atoms with van der Waals surface area (Å²) in [6.45, 7) is 1.48. The van der Waals surface area contributed by atoms with E-state index in [2.05, 4.69) is 33.4 Å². The van der Waals surface area contributed by atoms with Gasteiger partial charge in [-0.05, 0) is 24.3 Å². The second kappa shape index (κ2) is 5.19. The number of aromatic nitrogens is 2. The molecule has 0 aromatic carbocycles. The van der Waals surface area contributed by atoms with Crippen LogP contribution in [0.3, 0.4) is 0 Å². The highest BCUT2D eigenvalue weighted by Crippen LogP contribution is 2.38. The number of rotatable bonds is 2. The van der Waals surface area contributed by atoms with Crippen molar-refractivity contribution in [1.82, 2.24) is 9.97 Å². The van der Waals surface area contributed by atoms with Gasteiger partial charge in [0.15, 0.2) is 5.79 Å². The molecule has 2 fully saturated rings. The van der Waals surface area contributed by atoms with Gasteiger partial charge in [0, 0.05) is 25.9 Å². The van der Waals surface area contributed by atoms with Crippen LogP contribution >= 0.6 is 11.3 Å². The van der Waals surface area contributed by atoms with Crippen molar-refractivity contribution >= 4 is 27.4 Å². The zero-order valence-corrected chi connectivity index (χ0v) is 12.9. The van der Waals surface area contributed by atoms with E-state index in [4.69, 9.17) is 9.47 Å². The number of hydrogen-bond donors (Lipinski definition) is 0. The molecule has 0 N–H and O–H groups in total. The lowest BCUT2D eigenvalue weighted by molar-refractivity contribution is -0.178. The zero-order chi connectivity index (χ0) is 14.3. The van der Waals surface area contributed by atoms with E-state index in [-0.39, 0.29) is 5.79 Å². The van der Waals surface area contributed by atoms with Gasteiger partial charge in [-0.1, -0.05) is 0 Å². The molecule has 5 nitrogen and oxygen atoms in total. The first kappa shape index (κ1) is 13.4. The smallest absolute Gasteiger partial charge is 0.168 e. The predicted molar refractivity (Wildman–Crippen MR) is 82.7 cm³/mol. The van der Waals surface area contributed by atoms with Gasteiger partial charge in [-0.15, -0.1) is 11.3 Å². The van der Waals surface area contributed by atoms with Crippen molar-refractivity contribution in [3.63, 3.8) is 0 Å². The molecule has 0 radical (unpaired) electrons. The lowest BCUT2D eigenvalue weighted by Crippen LogP contribution is -2.43. The maximum atomic E-state index is 5.81. The zero-order valence-electron chi connectivity index (χ0n) is 12.1. The van der Waals surface area contributed by atoms with Crippen molar-refractivity contribution < 1.29 is 9.47 Å². The highest BCUT2D eigenvalue weighted by molar-refractivity contribution is 7.16. The summed E-state index contributed by atoms with van der Waals surface area (Å²) in [4.78, 5) is 12.2. The van der Waals surface area contributed by atoms with E-state index < -0.39 is 0 Å². The maximum absolute atomic E-state index is 5.81. The molecule has 0 atom stereocenters. The Morgan fingerprint density at radius 1 is 1.24 bits per heavy atom. The van der Waals surface area contributed by atoms with Crippen LogP contribution in [-0.2, 0) is 9.47 Å². The fourth-order valence-corrected chi connectivity index (χ4v) is 4.17. The summed E-state index contributed by atoms with van der Waals surface area (Å²) in [7, 11) is 2.14. The monoisotopic (exact) mass is 305 g/mol. The van der Waals surface area contributed by atoms with Crippen LogP contribution in [0.25, 0.3) is 10.2 Å². The Hall–Kier alpha value is -1.24. The van der Waals surface area contributed by atoms with Crippen LogP contribution in [0.15, 0.2) is 17.8 Å². The van der Waals surface area contributed by atoms with Gasteiger partial charge >= 0.3 is 0 Å². The van der Waals surface area contributed by atoms with Gasteiger partial charge in [0.2, 0.25) is 0 Å². The average Bonchev–Trinajstić information content (AvgIpc) is 3.16. The number of hydrogen-bond acceptors (Lipinski definition) is 6. The van der Waals surface area contributed by atoms with Crippen molar-refractivity contribution in [2.45, 2.75) is 37.5 Å². The topological polar surface area (TPSA) is 47.5 Å². The van der Waals surface area contributed by atoms with Gasteiger partial charge in [-0.25, -0.2) is 9.97 Å². The van der Waals surface area contributed by atoms with Crippen molar-refractivity contribution in [2.24, 2.45) is 0 Å². The molecule has 2 aromatic heterocycles. The highest BCUT2D eigenvalue weighted by Gasteiger charge is 2.41. The summed E-state index contributed by atoms with van der Waals surface area (Å²) in [5, 5.41) is 3.23. The quantitative estimate of drug-likeness (QED) is 0.854. The largest absolute Gasteiger partial charge is 0.356 e. The number of nitrogens with zero attached hydrogens (tertiary/aromatic N) is 3. The van der Waals surface area contributed by atoms with E-state index in [9.17, 15) is 0 Å². The molecule has 1 saturated carbocycles. The van der Waals surface area contributed by atoms with E-state index in [0.717, 1.165) is 54.9 Å². The fraction of sp³-hybridized carbons (Fsp3) is 0.600. The molecule has 1 saturated heterocycles. The third-order valence-corrected chi connectivity index (χ3v) is 5.47. The van der Waals surface area contributed by atoms with E-state index in [1.165, 1.54) is 0 Å². The molecule has 2 aromatic rings. The van der Waals surface area contributed by atoms with Crippen LogP contribution in [0.4, 0.5) is 5.82 Å². The Balaban J connectivity index is 1.53. The standard InChI is InChI=1S/C15H19N3O2S/c1-18(13-12-4-9-21-14(12)17-10-16-13)11-2-5-15(6-3-11)19-7-8-20-15/h4,9-11H,2-3,5-8H2,1H3. The first-order valence-electron chi connectivity index (χ1n) is 7.46. The third-order valence-electron chi connectivity index (χ3n) is 4.65.